The number of nitrogens with zero attached hydrogens (tertiary/aromatic N) is 7. The van der Waals surface area contributed by atoms with Crippen LogP contribution in [0.15, 0.2) is 36.1 Å². The number of anilines is 1. The highest BCUT2D eigenvalue weighted by atomic mass is 32.2. The molecule has 2 aromatic heterocycles. The first-order chi connectivity index (χ1) is 15.0. The predicted octanol–water partition coefficient (Wildman–Crippen LogP) is 2.33. The van der Waals surface area contributed by atoms with Gasteiger partial charge >= 0.3 is 12.1 Å². The van der Waals surface area contributed by atoms with Crippen LogP contribution in [0.4, 0.5) is 15.4 Å². The Balaban J connectivity index is 1.32. The number of piperidine rings is 1. The number of carbonyl (C=O) groups excluding carboxylic acids is 1. The van der Waals surface area contributed by atoms with Gasteiger partial charge in [-0.3, -0.25) is 4.57 Å². The predicted molar refractivity (Wildman–Crippen MR) is 116 cm³/mol. The zero-order chi connectivity index (χ0) is 21.8. The van der Waals surface area contributed by atoms with Gasteiger partial charge in [0, 0.05) is 57.4 Å². The number of amides is 2. The van der Waals surface area contributed by atoms with E-state index in [-0.39, 0.29) is 18.0 Å². The fourth-order valence-corrected chi connectivity index (χ4v) is 4.72. The Morgan fingerprint density at radius 1 is 1.23 bits per heavy atom. The summed E-state index contributed by atoms with van der Waals surface area (Å²) in [6, 6.07) is 1.78. The molecule has 31 heavy (non-hydrogen) atoms. The Labute approximate surface area is 185 Å². The summed E-state index contributed by atoms with van der Waals surface area (Å²) in [5.41, 5.74) is 0. The third-order valence-electron chi connectivity index (χ3n) is 6.01. The molecule has 2 saturated heterocycles. The zero-order valence-corrected chi connectivity index (χ0v) is 18.3. The van der Waals surface area contributed by atoms with E-state index >= 15 is 0 Å². The third kappa shape index (κ3) is 4.92. The summed E-state index contributed by atoms with van der Waals surface area (Å²) in [5, 5.41) is 10.6. The van der Waals surface area contributed by atoms with Crippen molar-refractivity contribution in [1.82, 2.24) is 29.3 Å². The van der Waals surface area contributed by atoms with Gasteiger partial charge in [0.1, 0.15) is 12.1 Å². The molecule has 2 aromatic rings. The van der Waals surface area contributed by atoms with Crippen LogP contribution in [-0.2, 0) is 0 Å². The van der Waals surface area contributed by atoms with E-state index in [9.17, 15) is 14.7 Å². The molecule has 166 valence electrons. The molecule has 0 bridgehead atoms. The second-order valence-corrected chi connectivity index (χ2v) is 8.68. The summed E-state index contributed by atoms with van der Waals surface area (Å²) < 4.78 is 1.46. The lowest BCUT2D eigenvalue weighted by atomic mass is 10.0. The Kier molecular flexibility index (Phi) is 6.59. The number of hydrogen-bond acceptors (Lipinski definition) is 7. The smallest absolute Gasteiger partial charge is 0.407 e. The van der Waals surface area contributed by atoms with Crippen molar-refractivity contribution in [1.29, 1.82) is 0 Å². The summed E-state index contributed by atoms with van der Waals surface area (Å²) in [6.07, 6.45) is 9.85. The van der Waals surface area contributed by atoms with Crippen molar-refractivity contribution in [3.63, 3.8) is 0 Å². The number of thioether (sulfide) groups is 1. The molecule has 4 heterocycles. The monoisotopic (exact) mass is 445 g/mol. The fraction of sp³-hybridized carbons (Fsp3) is 0.550. The van der Waals surface area contributed by atoms with Crippen LogP contribution in [0.2, 0.25) is 0 Å². The molecular formula is C20H27N7O3S. The molecule has 2 aliphatic heterocycles. The SMILES string of the molecule is CSc1nccc(N2CCC(N(CC3CCN(C(=O)n4ccnc4)C3)C(=O)O)CC2)n1. The van der Waals surface area contributed by atoms with E-state index in [1.54, 1.807) is 28.4 Å². The summed E-state index contributed by atoms with van der Waals surface area (Å²) >= 11 is 1.51. The van der Waals surface area contributed by atoms with Gasteiger partial charge in [0.05, 0.1) is 0 Å². The molecule has 2 amide bonds. The van der Waals surface area contributed by atoms with Crippen molar-refractivity contribution >= 4 is 29.7 Å². The van der Waals surface area contributed by atoms with Crippen molar-refractivity contribution in [2.24, 2.45) is 5.92 Å². The number of imidazole rings is 1. The Hall–Kier alpha value is -2.82. The van der Waals surface area contributed by atoms with Crippen LogP contribution in [0.3, 0.4) is 0 Å². The maximum Gasteiger partial charge on any atom is 0.407 e. The van der Waals surface area contributed by atoms with Crippen LogP contribution >= 0.6 is 11.8 Å². The summed E-state index contributed by atoms with van der Waals surface area (Å²) in [4.78, 5) is 42.8. The Bertz CT molecular complexity index is 902. The molecule has 0 aliphatic carbocycles. The normalized spacial score (nSPS) is 19.6. The zero-order valence-electron chi connectivity index (χ0n) is 17.5. The van der Waals surface area contributed by atoms with Crippen LogP contribution in [0.1, 0.15) is 19.3 Å². The first-order valence-corrected chi connectivity index (χ1v) is 11.7. The van der Waals surface area contributed by atoms with Crippen molar-refractivity contribution in [2.45, 2.75) is 30.5 Å². The molecule has 0 spiro atoms. The van der Waals surface area contributed by atoms with E-state index in [1.165, 1.54) is 22.7 Å². The van der Waals surface area contributed by atoms with Crippen LogP contribution in [0.5, 0.6) is 0 Å². The molecule has 2 fully saturated rings. The van der Waals surface area contributed by atoms with Gasteiger partial charge in [-0.25, -0.2) is 24.5 Å². The average Bonchev–Trinajstić information content (AvgIpc) is 3.49. The Morgan fingerprint density at radius 3 is 2.71 bits per heavy atom. The summed E-state index contributed by atoms with van der Waals surface area (Å²) in [5.74, 6) is 1.04. The van der Waals surface area contributed by atoms with Gasteiger partial charge in [-0.2, -0.15) is 0 Å². The minimum atomic E-state index is -0.885. The van der Waals surface area contributed by atoms with E-state index in [4.69, 9.17) is 0 Å². The van der Waals surface area contributed by atoms with Crippen LogP contribution in [0, 0.1) is 5.92 Å². The minimum absolute atomic E-state index is 0.0194. The number of carbonyl (C=O) groups is 2. The number of rotatable bonds is 5. The first kappa shape index (κ1) is 21.4. The van der Waals surface area contributed by atoms with E-state index in [0.717, 1.165) is 43.3 Å². The van der Waals surface area contributed by atoms with E-state index in [2.05, 4.69) is 19.9 Å². The second kappa shape index (κ2) is 9.54. The molecule has 1 atom stereocenters. The highest BCUT2D eigenvalue weighted by molar-refractivity contribution is 7.98. The van der Waals surface area contributed by atoms with Gasteiger partial charge < -0.3 is 19.8 Å². The van der Waals surface area contributed by atoms with Gasteiger partial charge in [-0.05, 0) is 37.5 Å². The van der Waals surface area contributed by atoms with Gasteiger partial charge in [0.2, 0.25) is 0 Å². The average molecular weight is 446 g/mol. The molecule has 1 unspecified atom stereocenters. The van der Waals surface area contributed by atoms with Crippen LogP contribution in [0.25, 0.3) is 0 Å². The lowest BCUT2D eigenvalue weighted by Gasteiger charge is -2.38. The van der Waals surface area contributed by atoms with Crippen LogP contribution in [-0.4, -0.2) is 91.6 Å². The molecule has 10 nitrogen and oxygen atoms in total. The van der Waals surface area contributed by atoms with Crippen LogP contribution < -0.4 is 4.90 Å². The third-order valence-corrected chi connectivity index (χ3v) is 6.57. The highest BCUT2D eigenvalue weighted by Gasteiger charge is 2.34. The number of likely N-dealkylation sites (tertiary alicyclic amines) is 1. The standard InChI is InChI=1S/C20H27N7O3S/c1-31-18-22-6-2-17(23-18)24-9-4-16(5-10-24)27(20(29)30)13-15-3-8-25(12-15)19(28)26-11-7-21-14-26/h2,6-7,11,14-16H,3-5,8-10,12-13H2,1H3,(H,29,30). The van der Waals surface area contributed by atoms with Gasteiger partial charge in [0.15, 0.2) is 5.16 Å². The van der Waals surface area contributed by atoms with E-state index in [0.29, 0.717) is 19.6 Å². The van der Waals surface area contributed by atoms with Gasteiger partial charge in [-0.1, -0.05) is 11.8 Å². The van der Waals surface area contributed by atoms with Crippen molar-refractivity contribution < 1.29 is 14.7 Å². The number of hydrogen-bond donors (Lipinski definition) is 1. The van der Waals surface area contributed by atoms with Gasteiger partial charge in [0.25, 0.3) is 0 Å². The first-order valence-electron chi connectivity index (χ1n) is 10.4. The molecule has 11 heteroatoms. The van der Waals surface area contributed by atoms with Crippen molar-refractivity contribution in [2.75, 3.05) is 43.9 Å². The molecule has 1 N–H and O–H groups in total. The number of aromatic nitrogens is 4. The molecule has 0 saturated carbocycles. The molecule has 2 aliphatic rings. The number of carboxylic acid groups (broad SMARTS) is 1. The lowest BCUT2D eigenvalue weighted by Crippen LogP contribution is -2.49. The molecule has 0 radical (unpaired) electrons. The molecule has 4 rings (SSSR count). The van der Waals surface area contributed by atoms with Crippen molar-refractivity contribution in [3.8, 4) is 0 Å². The topological polar surface area (TPSA) is 108 Å². The van der Waals surface area contributed by atoms with Gasteiger partial charge in [-0.15, -0.1) is 0 Å². The molecule has 0 aromatic carbocycles. The summed E-state index contributed by atoms with van der Waals surface area (Å²) in [7, 11) is 0. The fourth-order valence-electron chi connectivity index (χ4n) is 4.37. The highest BCUT2D eigenvalue weighted by Crippen LogP contribution is 2.25. The maximum absolute atomic E-state index is 12.5. The maximum atomic E-state index is 12.5. The lowest BCUT2D eigenvalue weighted by molar-refractivity contribution is 0.106. The minimum Gasteiger partial charge on any atom is -0.465 e. The largest absolute Gasteiger partial charge is 0.465 e. The Morgan fingerprint density at radius 2 is 2.03 bits per heavy atom. The molecular weight excluding hydrogens is 418 g/mol. The van der Waals surface area contributed by atoms with Crippen molar-refractivity contribution in [3.05, 3.63) is 31.0 Å². The quantitative estimate of drug-likeness (QED) is 0.552. The second-order valence-electron chi connectivity index (χ2n) is 7.91. The summed E-state index contributed by atoms with van der Waals surface area (Å²) in [6.45, 7) is 3.18. The van der Waals surface area contributed by atoms with E-state index in [1.807, 2.05) is 12.3 Å². The van der Waals surface area contributed by atoms with E-state index < -0.39 is 6.09 Å².